The number of likely N-dealkylation sites (tertiary alicyclic amines) is 1. The lowest BCUT2D eigenvalue weighted by Gasteiger charge is -2.37. The first kappa shape index (κ1) is 14.9. The molecule has 1 aliphatic heterocycles. The molecule has 1 aromatic carbocycles. The highest BCUT2D eigenvalue weighted by molar-refractivity contribution is 5.35. The lowest BCUT2D eigenvalue weighted by Crippen LogP contribution is -2.43. The van der Waals surface area contributed by atoms with Gasteiger partial charge in [-0.05, 0) is 43.9 Å². The molecule has 0 spiro atoms. The van der Waals surface area contributed by atoms with Crippen molar-refractivity contribution >= 4 is 5.69 Å². The van der Waals surface area contributed by atoms with Gasteiger partial charge in [0.2, 0.25) is 0 Å². The minimum Gasteiger partial charge on any atom is -0.330 e. The third kappa shape index (κ3) is 3.52. The Balaban J connectivity index is 2.14. The maximum absolute atomic E-state index is 13.4. The van der Waals surface area contributed by atoms with Gasteiger partial charge in [0.25, 0.3) is 5.69 Å². The smallest absolute Gasteiger partial charge is 0.272 e. The standard InChI is InChI=1S/C14H20FN3O2/c1-10-2-3-11(7-16)8-17(10)9-12-4-13(15)6-14(5-12)18(19)20/h4-6,10-11H,2-3,7-9,16H2,1H3. The van der Waals surface area contributed by atoms with E-state index in [1.54, 1.807) is 0 Å². The third-order valence-corrected chi connectivity index (χ3v) is 3.98. The predicted molar refractivity (Wildman–Crippen MR) is 74.7 cm³/mol. The number of nitro groups is 1. The Morgan fingerprint density at radius 3 is 2.85 bits per heavy atom. The van der Waals surface area contributed by atoms with Crippen LogP contribution in [0.4, 0.5) is 10.1 Å². The summed E-state index contributed by atoms with van der Waals surface area (Å²) >= 11 is 0. The van der Waals surface area contributed by atoms with E-state index in [1.807, 2.05) is 0 Å². The summed E-state index contributed by atoms with van der Waals surface area (Å²) < 4.78 is 13.4. The molecule has 2 unspecified atom stereocenters. The van der Waals surface area contributed by atoms with Gasteiger partial charge in [0, 0.05) is 25.2 Å². The van der Waals surface area contributed by atoms with Crippen molar-refractivity contribution in [2.24, 2.45) is 11.7 Å². The van der Waals surface area contributed by atoms with Crippen molar-refractivity contribution in [1.82, 2.24) is 4.90 Å². The van der Waals surface area contributed by atoms with Gasteiger partial charge in [0.15, 0.2) is 0 Å². The zero-order chi connectivity index (χ0) is 14.7. The van der Waals surface area contributed by atoms with Gasteiger partial charge in [-0.2, -0.15) is 0 Å². The maximum Gasteiger partial charge on any atom is 0.272 e. The molecule has 2 N–H and O–H groups in total. The molecule has 0 saturated carbocycles. The number of rotatable bonds is 4. The van der Waals surface area contributed by atoms with E-state index in [2.05, 4.69) is 11.8 Å². The first-order valence-electron chi connectivity index (χ1n) is 6.87. The predicted octanol–water partition coefficient (Wildman–Crippen LogP) is 2.29. The van der Waals surface area contributed by atoms with Crippen LogP contribution in [0.15, 0.2) is 18.2 Å². The van der Waals surface area contributed by atoms with Gasteiger partial charge in [-0.1, -0.05) is 0 Å². The van der Waals surface area contributed by atoms with E-state index < -0.39 is 10.7 Å². The summed E-state index contributed by atoms with van der Waals surface area (Å²) in [6.07, 6.45) is 2.16. The molecular formula is C14H20FN3O2. The first-order valence-corrected chi connectivity index (χ1v) is 6.87. The second-order valence-corrected chi connectivity index (χ2v) is 5.53. The molecule has 0 aliphatic carbocycles. The van der Waals surface area contributed by atoms with Gasteiger partial charge in [-0.15, -0.1) is 0 Å². The summed E-state index contributed by atoms with van der Waals surface area (Å²) in [4.78, 5) is 12.4. The average molecular weight is 281 g/mol. The Morgan fingerprint density at radius 2 is 2.20 bits per heavy atom. The SMILES string of the molecule is CC1CCC(CN)CN1Cc1cc(F)cc([N+](=O)[O-])c1. The summed E-state index contributed by atoms with van der Waals surface area (Å²) in [6.45, 7) is 4.16. The number of hydrogen-bond donors (Lipinski definition) is 1. The van der Waals surface area contributed by atoms with Crippen LogP contribution in [0.1, 0.15) is 25.3 Å². The van der Waals surface area contributed by atoms with Gasteiger partial charge in [-0.25, -0.2) is 4.39 Å². The molecule has 1 heterocycles. The summed E-state index contributed by atoms with van der Waals surface area (Å²) in [5.41, 5.74) is 6.16. The van der Waals surface area contributed by atoms with Crippen molar-refractivity contribution in [3.63, 3.8) is 0 Å². The lowest BCUT2D eigenvalue weighted by atomic mass is 9.93. The van der Waals surface area contributed by atoms with Gasteiger partial charge < -0.3 is 5.73 Å². The van der Waals surface area contributed by atoms with Gasteiger partial charge in [-0.3, -0.25) is 15.0 Å². The van der Waals surface area contributed by atoms with Crippen LogP contribution in [0.3, 0.4) is 0 Å². The Morgan fingerprint density at radius 1 is 1.45 bits per heavy atom. The number of non-ortho nitro benzene ring substituents is 1. The molecule has 20 heavy (non-hydrogen) atoms. The lowest BCUT2D eigenvalue weighted by molar-refractivity contribution is -0.385. The summed E-state index contributed by atoms with van der Waals surface area (Å²) in [6, 6.07) is 4.15. The molecule has 110 valence electrons. The third-order valence-electron chi connectivity index (χ3n) is 3.98. The van der Waals surface area contributed by atoms with E-state index in [4.69, 9.17) is 5.73 Å². The van der Waals surface area contributed by atoms with Gasteiger partial charge >= 0.3 is 0 Å². The minimum absolute atomic E-state index is 0.194. The highest BCUT2D eigenvalue weighted by Crippen LogP contribution is 2.24. The Bertz CT molecular complexity index is 495. The highest BCUT2D eigenvalue weighted by Gasteiger charge is 2.25. The number of nitrogens with zero attached hydrogens (tertiary/aromatic N) is 2. The molecule has 1 fully saturated rings. The number of halogens is 1. The molecule has 0 aromatic heterocycles. The fourth-order valence-electron chi connectivity index (χ4n) is 2.74. The molecule has 0 bridgehead atoms. The fraction of sp³-hybridized carbons (Fsp3) is 0.571. The number of nitro benzene ring substituents is 1. The Hall–Kier alpha value is -1.53. The van der Waals surface area contributed by atoms with Crippen molar-refractivity contribution in [2.45, 2.75) is 32.4 Å². The zero-order valence-electron chi connectivity index (χ0n) is 11.6. The molecule has 5 nitrogen and oxygen atoms in total. The van der Waals surface area contributed by atoms with Crippen LogP contribution in [0, 0.1) is 21.8 Å². The molecule has 2 atom stereocenters. The average Bonchev–Trinajstić information content (AvgIpc) is 2.40. The van der Waals surface area contributed by atoms with Crippen molar-refractivity contribution in [1.29, 1.82) is 0 Å². The zero-order valence-corrected chi connectivity index (χ0v) is 11.6. The number of nitrogens with two attached hydrogens (primary N) is 1. The van der Waals surface area contributed by atoms with E-state index >= 15 is 0 Å². The Kier molecular flexibility index (Phi) is 4.67. The second-order valence-electron chi connectivity index (χ2n) is 5.53. The van der Waals surface area contributed by atoms with E-state index in [9.17, 15) is 14.5 Å². The van der Waals surface area contributed by atoms with E-state index in [-0.39, 0.29) is 5.69 Å². The van der Waals surface area contributed by atoms with Crippen LogP contribution in [0.2, 0.25) is 0 Å². The summed E-state index contributed by atoms with van der Waals surface area (Å²) in [5.74, 6) is -0.107. The quantitative estimate of drug-likeness (QED) is 0.679. The number of benzene rings is 1. The molecule has 1 saturated heterocycles. The summed E-state index contributed by atoms with van der Waals surface area (Å²) in [7, 11) is 0. The largest absolute Gasteiger partial charge is 0.330 e. The molecule has 0 amide bonds. The van der Waals surface area contributed by atoms with Crippen LogP contribution in [-0.2, 0) is 6.54 Å². The topological polar surface area (TPSA) is 72.4 Å². The molecule has 1 aliphatic rings. The van der Waals surface area contributed by atoms with Crippen LogP contribution in [0.25, 0.3) is 0 Å². The van der Waals surface area contributed by atoms with Gasteiger partial charge in [0.1, 0.15) is 5.82 Å². The van der Waals surface area contributed by atoms with Crippen molar-refractivity contribution in [2.75, 3.05) is 13.1 Å². The minimum atomic E-state index is -0.561. The van der Waals surface area contributed by atoms with Crippen LogP contribution in [0.5, 0.6) is 0 Å². The fourth-order valence-corrected chi connectivity index (χ4v) is 2.74. The van der Waals surface area contributed by atoms with Crippen molar-refractivity contribution in [3.8, 4) is 0 Å². The Labute approximate surface area is 117 Å². The maximum atomic E-state index is 13.4. The highest BCUT2D eigenvalue weighted by atomic mass is 19.1. The van der Waals surface area contributed by atoms with Crippen LogP contribution in [-0.4, -0.2) is 29.0 Å². The molecule has 1 aromatic rings. The van der Waals surface area contributed by atoms with E-state index in [1.165, 1.54) is 12.1 Å². The van der Waals surface area contributed by atoms with Crippen LogP contribution < -0.4 is 5.73 Å². The number of piperidine rings is 1. The van der Waals surface area contributed by atoms with Gasteiger partial charge in [0.05, 0.1) is 11.0 Å². The number of hydrogen-bond acceptors (Lipinski definition) is 4. The normalized spacial score (nSPS) is 23.8. The van der Waals surface area contributed by atoms with E-state index in [0.29, 0.717) is 30.6 Å². The molecule has 0 radical (unpaired) electrons. The summed E-state index contributed by atoms with van der Waals surface area (Å²) in [5, 5.41) is 10.8. The molecular weight excluding hydrogens is 261 g/mol. The monoisotopic (exact) mass is 281 g/mol. The van der Waals surface area contributed by atoms with Crippen molar-refractivity contribution < 1.29 is 9.31 Å². The van der Waals surface area contributed by atoms with Crippen molar-refractivity contribution in [3.05, 3.63) is 39.7 Å². The molecule has 6 heteroatoms. The van der Waals surface area contributed by atoms with E-state index in [0.717, 1.165) is 25.5 Å². The second kappa shape index (κ2) is 6.28. The molecule has 2 rings (SSSR count). The van der Waals surface area contributed by atoms with Crippen LogP contribution >= 0.6 is 0 Å². The first-order chi connectivity index (χ1) is 9.49.